The molecule has 0 saturated carbocycles. The van der Waals surface area contributed by atoms with Crippen LogP contribution in [-0.2, 0) is 6.54 Å². The van der Waals surface area contributed by atoms with Crippen LogP contribution in [0.4, 0.5) is 15.0 Å². The standard InChI is InChI=1S/C27H33FN6O3/c1-18(35)15-32-11-9-27(10-12-32)17-33(26(36)34(27)16-20-5-4-6-23(28)19(20)2)24-8-7-22(25(31-24)37-3)21-13-29-30-14-21/h4-8,13-14,18,35H,9-12,15-17H2,1-3H3,(H,29,30). The summed E-state index contributed by atoms with van der Waals surface area (Å²) in [4.78, 5) is 24.5. The van der Waals surface area contributed by atoms with Crippen LogP contribution in [-0.4, -0.2) is 81.1 Å². The molecule has 0 bridgehead atoms. The largest absolute Gasteiger partial charge is 0.480 e. The molecule has 0 radical (unpaired) electrons. The molecule has 2 N–H and O–H groups in total. The Morgan fingerprint density at radius 3 is 2.70 bits per heavy atom. The number of likely N-dealkylation sites (tertiary alicyclic amines) is 1. The third-order valence-electron chi connectivity index (χ3n) is 7.63. The molecule has 5 rings (SSSR count). The van der Waals surface area contributed by atoms with E-state index in [4.69, 9.17) is 9.72 Å². The molecule has 10 heteroatoms. The molecule has 2 aliphatic rings. The summed E-state index contributed by atoms with van der Waals surface area (Å²) in [7, 11) is 1.56. The van der Waals surface area contributed by atoms with Gasteiger partial charge in [-0.15, -0.1) is 0 Å². The zero-order chi connectivity index (χ0) is 26.2. The van der Waals surface area contributed by atoms with Crippen LogP contribution in [0, 0.1) is 12.7 Å². The van der Waals surface area contributed by atoms with Gasteiger partial charge in [0.15, 0.2) is 0 Å². The number of anilines is 1. The fourth-order valence-electron chi connectivity index (χ4n) is 5.51. The van der Waals surface area contributed by atoms with Crippen molar-refractivity contribution in [3.63, 3.8) is 0 Å². The highest BCUT2D eigenvalue weighted by Gasteiger charge is 2.51. The number of halogens is 1. The van der Waals surface area contributed by atoms with Crippen molar-refractivity contribution in [2.75, 3.05) is 38.2 Å². The number of pyridine rings is 1. The van der Waals surface area contributed by atoms with Gasteiger partial charge in [0, 0.05) is 43.5 Å². The van der Waals surface area contributed by atoms with Gasteiger partial charge < -0.3 is 19.6 Å². The highest BCUT2D eigenvalue weighted by molar-refractivity contribution is 5.95. The van der Waals surface area contributed by atoms with E-state index in [1.165, 1.54) is 6.07 Å². The first-order valence-corrected chi connectivity index (χ1v) is 12.6. The van der Waals surface area contributed by atoms with E-state index in [1.54, 1.807) is 44.3 Å². The lowest BCUT2D eigenvalue weighted by atomic mass is 9.86. The van der Waals surface area contributed by atoms with Crippen LogP contribution in [0.25, 0.3) is 11.1 Å². The van der Waals surface area contributed by atoms with Crippen molar-refractivity contribution >= 4 is 11.8 Å². The number of piperidine rings is 1. The number of methoxy groups -OCH3 is 1. The summed E-state index contributed by atoms with van der Waals surface area (Å²) in [6, 6.07) is 8.57. The monoisotopic (exact) mass is 508 g/mol. The number of β-amino-alcohol motifs (C(OH)–C–C–N with tert-alkyl or cyclic N) is 1. The zero-order valence-electron chi connectivity index (χ0n) is 21.4. The second-order valence-electron chi connectivity index (χ2n) is 10.1. The Kier molecular flexibility index (Phi) is 6.87. The van der Waals surface area contributed by atoms with Gasteiger partial charge >= 0.3 is 6.03 Å². The number of nitrogens with zero attached hydrogens (tertiary/aromatic N) is 5. The van der Waals surface area contributed by atoms with Gasteiger partial charge in [-0.3, -0.25) is 10.00 Å². The quantitative estimate of drug-likeness (QED) is 0.506. The number of nitrogens with one attached hydrogen (secondary N) is 1. The van der Waals surface area contributed by atoms with E-state index >= 15 is 0 Å². The van der Waals surface area contributed by atoms with E-state index in [1.807, 2.05) is 23.1 Å². The molecule has 2 fully saturated rings. The molecule has 1 spiro atoms. The molecular formula is C27H33FN6O3. The smallest absolute Gasteiger partial charge is 0.326 e. The van der Waals surface area contributed by atoms with Crippen molar-refractivity contribution in [2.24, 2.45) is 0 Å². The van der Waals surface area contributed by atoms with Gasteiger partial charge in [-0.05, 0) is 56.0 Å². The molecule has 2 aromatic heterocycles. The predicted molar refractivity (Wildman–Crippen MR) is 138 cm³/mol. The number of amides is 2. The summed E-state index contributed by atoms with van der Waals surface area (Å²) < 4.78 is 19.9. The van der Waals surface area contributed by atoms with Crippen LogP contribution in [0.2, 0.25) is 0 Å². The average Bonchev–Trinajstić information content (AvgIpc) is 3.51. The number of aromatic amines is 1. The fourth-order valence-corrected chi connectivity index (χ4v) is 5.51. The fraction of sp³-hybridized carbons (Fsp3) is 0.444. The van der Waals surface area contributed by atoms with Crippen molar-refractivity contribution in [3.05, 3.63) is 59.7 Å². The number of urea groups is 1. The van der Waals surface area contributed by atoms with Gasteiger partial charge in [-0.25, -0.2) is 9.18 Å². The Morgan fingerprint density at radius 1 is 1.24 bits per heavy atom. The molecule has 0 aliphatic carbocycles. The van der Waals surface area contributed by atoms with E-state index in [0.717, 1.165) is 42.6 Å². The number of benzene rings is 1. The van der Waals surface area contributed by atoms with Crippen molar-refractivity contribution in [1.29, 1.82) is 0 Å². The van der Waals surface area contributed by atoms with Crippen LogP contribution >= 0.6 is 0 Å². The molecule has 1 aromatic carbocycles. The minimum atomic E-state index is -0.427. The lowest BCUT2D eigenvalue weighted by molar-refractivity contribution is 0.0487. The maximum Gasteiger partial charge on any atom is 0.326 e. The van der Waals surface area contributed by atoms with E-state index in [9.17, 15) is 14.3 Å². The van der Waals surface area contributed by atoms with Crippen molar-refractivity contribution in [1.82, 2.24) is 25.0 Å². The first-order valence-electron chi connectivity index (χ1n) is 12.6. The number of aromatic nitrogens is 3. The van der Waals surface area contributed by atoms with Gasteiger partial charge in [-0.1, -0.05) is 12.1 Å². The maximum atomic E-state index is 14.4. The predicted octanol–water partition coefficient (Wildman–Crippen LogP) is 3.59. The number of carbonyl (C=O) groups excluding carboxylic acids is 1. The van der Waals surface area contributed by atoms with Crippen molar-refractivity contribution in [3.8, 4) is 17.0 Å². The number of ether oxygens (including phenoxy) is 1. The molecule has 37 heavy (non-hydrogen) atoms. The number of hydrogen-bond donors (Lipinski definition) is 2. The number of carbonyl (C=O) groups is 1. The summed E-state index contributed by atoms with van der Waals surface area (Å²) in [6.45, 7) is 6.47. The molecule has 4 heterocycles. The number of aliphatic hydroxyl groups is 1. The SMILES string of the molecule is COc1nc(N2CC3(CCN(CC(C)O)CC3)N(Cc3cccc(F)c3C)C2=O)ccc1-c1cn[nH]c1. The third kappa shape index (κ3) is 4.78. The van der Waals surface area contributed by atoms with E-state index < -0.39 is 11.6 Å². The molecule has 9 nitrogen and oxygen atoms in total. The van der Waals surface area contributed by atoms with Crippen LogP contribution in [0.3, 0.4) is 0 Å². The maximum absolute atomic E-state index is 14.4. The second-order valence-corrected chi connectivity index (χ2v) is 10.1. The summed E-state index contributed by atoms with van der Waals surface area (Å²) in [6.07, 6.45) is 4.55. The average molecular weight is 509 g/mol. The molecular weight excluding hydrogens is 475 g/mol. The lowest BCUT2D eigenvalue weighted by Crippen LogP contribution is -2.54. The highest BCUT2D eigenvalue weighted by atomic mass is 19.1. The van der Waals surface area contributed by atoms with Crippen LogP contribution in [0.1, 0.15) is 30.9 Å². The molecule has 1 atom stereocenters. The van der Waals surface area contributed by atoms with Crippen molar-refractivity contribution < 1.29 is 19.0 Å². The Hall–Kier alpha value is -3.50. The summed E-state index contributed by atoms with van der Waals surface area (Å²) in [5.41, 5.74) is 2.54. The van der Waals surface area contributed by atoms with Crippen LogP contribution in [0.15, 0.2) is 42.7 Å². The Morgan fingerprint density at radius 2 is 2.03 bits per heavy atom. The Balaban J connectivity index is 1.48. The molecule has 2 aliphatic heterocycles. The third-order valence-corrected chi connectivity index (χ3v) is 7.63. The Bertz CT molecular complexity index is 1260. The molecule has 1 unspecified atom stereocenters. The summed E-state index contributed by atoms with van der Waals surface area (Å²) in [5, 5.41) is 16.7. The van der Waals surface area contributed by atoms with Gasteiger partial charge in [-0.2, -0.15) is 10.1 Å². The van der Waals surface area contributed by atoms with Gasteiger partial charge in [0.2, 0.25) is 5.88 Å². The lowest BCUT2D eigenvalue weighted by Gasteiger charge is -2.44. The zero-order valence-corrected chi connectivity index (χ0v) is 21.4. The molecule has 3 aromatic rings. The molecule has 196 valence electrons. The van der Waals surface area contributed by atoms with Gasteiger partial charge in [0.05, 0.1) is 31.5 Å². The number of H-pyrrole nitrogens is 1. The minimum Gasteiger partial charge on any atom is -0.480 e. The number of rotatable bonds is 7. The van der Waals surface area contributed by atoms with Crippen LogP contribution < -0.4 is 9.64 Å². The first kappa shape index (κ1) is 25.2. The van der Waals surface area contributed by atoms with Crippen molar-refractivity contribution in [2.45, 2.75) is 44.9 Å². The van der Waals surface area contributed by atoms with Gasteiger partial charge in [0.25, 0.3) is 0 Å². The topological polar surface area (TPSA) is 97.8 Å². The van der Waals surface area contributed by atoms with E-state index in [2.05, 4.69) is 15.1 Å². The summed E-state index contributed by atoms with van der Waals surface area (Å²) >= 11 is 0. The highest BCUT2D eigenvalue weighted by Crippen LogP contribution is 2.40. The molecule has 2 saturated heterocycles. The molecule has 2 amide bonds. The first-order chi connectivity index (χ1) is 17.8. The Labute approximate surface area is 215 Å². The van der Waals surface area contributed by atoms with Crippen LogP contribution in [0.5, 0.6) is 5.88 Å². The van der Waals surface area contributed by atoms with E-state index in [0.29, 0.717) is 36.9 Å². The normalized spacial score (nSPS) is 18.6. The van der Waals surface area contributed by atoms with Gasteiger partial charge in [0.1, 0.15) is 11.6 Å². The number of hydrogen-bond acceptors (Lipinski definition) is 6. The minimum absolute atomic E-state index is 0.154. The summed E-state index contributed by atoms with van der Waals surface area (Å²) in [5.74, 6) is 0.647. The second kappa shape index (κ2) is 10.1. The number of aliphatic hydroxyl groups excluding tert-OH is 1. The van der Waals surface area contributed by atoms with E-state index in [-0.39, 0.29) is 11.8 Å².